The predicted molar refractivity (Wildman–Crippen MR) is 67.0 cm³/mol. The normalized spacial score (nSPS) is 17.9. The number of nitro groups is 1. The maximum Gasteiger partial charge on any atom is 0.272 e. The molecule has 0 amide bonds. The van der Waals surface area contributed by atoms with Crippen LogP contribution in [-0.2, 0) is 9.73 Å². The Kier molecular flexibility index (Phi) is 3.15. The Morgan fingerprint density at radius 1 is 1.35 bits per heavy atom. The van der Waals surface area contributed by atoms with Crippen LogP contribution >= 0.6 is 0 Å². The van der Waals surface area contributed by atoms with Crippen LogP contribution in [0.4, 0.5) is 11.4 Å². The van der Waals surface area contributed by atoms with E-state index >= 15 is 0 Å². The molecule has 1 fully saturated rings. The van der Waals surface area contributed by atoms with E-state index in [2.05, 4.69) is 4.36 Å². The lowest BCUT2D eigenvalue weighted by atomic mass is 10.2. The highest BCUT2D eigenvalue weighted by molar-refractivity contribution is 7.93. The van der Waals surface area contributed by atoms with Gasteiger partial charge in [-0.05, 0) is 31.9 Å². The van der Waals surface area contributed by atoms with Crippen LogP contribution < -0.4 is 0 Å². The molecule has 1 aromatic rings. The Bertz CT molecular complexity index is 562. The van der Waals surface area contributed by atoms with E-state index < -0.39 is 14.7 Å². The van der Waals surface area contributed by atoms with Gasteiger partial charge in [0.2, 0.25) is 0 Å². The molecule has 0 saturated carbocycles. The summed E-state index contributed by atoms with van der Waals surface area (Å²) >= 11 is 0. The summed E-state index contributed by atoms with van der Waals surface area (Å²) in [6.07, 6.45) is 1.91. The van der Waals surface area contributed by atoms with Crippen LogP contribution in [0, 0.1) is 17.0 Å². The smallest absolute Gasteiger partial charge is 0.258 e. The molecule has 6 heteroatoms. The van der Waals surface area contributed by atoms with E-state index in [9.17, 15) is 14.3 Å². The quantitative estimate of drug-likeness (QED) is 0.601. The lowest BCUT2D eigenvalue weighted by Crippen LogP contribution is -1.99. The minimum atomic E-state index is -2.10. The molecular formula is C11H14N2O3S. The second-order valence-electron chi connectivity index (χ2n) is 4.21. The standard InChI is InChI=1S/C11H14N2O3S/c1-9-8-10(4-5-11(9)13(14)15)12-17(16)6-2-3-7-17/h4-5,8H,2-3,6-7H2,1H3. The highest BCUT2D eigenvalue weighted by atomic mass is 32.2. The summed E-state index contributed by atoms with van der Waals surface area (Å²) in [5, 5.41) is 10.7. The highest BCUT2D eigenvalue weighted by Crippen LogP contribution is 2.26. The van der Waals surface area contributed by atoms with Crippen LogP contribution in [-0.4, -0.2) is 20.6 Å². The highest BCUT2D eigenvalue weighted by Gasteiger charge is 2.17. The lowest BCUT2D eigenvalue weighted by Gasteiger charge is -2.02. The minimum absolute atomic E-state index is 0.0744. The van der Waals surface area contributed by atoms with Crippen molar-refractivity contribution in [2.24, 2.45) is 4.36 Å². The number of nitro benzene ring substituents is 1. The summed E-state index contributed by atoms with van der Waals surface area (Å²) in [6.45, 7) is 1.67. The van der Waals surface area contributed by atoms with Gasteiger partial charge in [-0.25, -0.2) is 4.21 Å². The van der Waals surface area contributed by atoms with Crippen LogP contribution in [0.25, 0.3) is 0 Å². The molecule has 17 heavy (non-hydrogen) atoms. The van der Waals surface area contributed by atoms with E-state index in [0.29, 0.717) is 22.8 Å². The lowest BCUT2D eigenvalue weighted by molar-refractivity contribution is -0.385. The first-order chi connectivity index (χ1) is 8.00. The monoisotopic (exact) mass is 254 g/mol. The summed E-state index contributed by atoms with van der Waals surface area (Å²) in [6, 6.07) is 4.62. The van der Waals surface area contributed by atoms with Crippen molar-refractivity contribution in [3.8, 4) is 0 Å². The van der Waals surface area contributed by atoms with Crippen molar-refractivity contribution in [1.29, 1.82) is 0 Å². The summed E-state index contributed by atoms with van der Waals surface area (Å²) in [4.78, 5) is 10.2. The Hall–Kier alpha value is -1.43. The second-order valence-corrected chi connectivity index (χ2v) is 6.75. The molecule has 0 unspecified atom stereocenters. The van der Waals surface area contributed by atoms with Gasteiger partial charge in [-0.1, -0.05) is 0 Å². The molecule has 0 atom stereocenters. The van der Waals surface area contributed by atoms with Crippen LogP contribution in [0.3, 0.4) is 0 Å². The van der Waals surface area contributed by atoms with E-state index in [-0.39, 0.29) is 5.69 Å². The molecule has 1 aromatic carbocycles. The van der Waals surface area contributed by atoms with E-state index in [1.54, 1.807) is 19.1 Å². The summed E-state index contributed by atoms with van der Waals surface area (Å²) in [5.41, 5.74) is 1.21. The van der Waals surface area contributed by atoms with Gasteiger partial charge in [-0.3, -0.25) is 10.1 Å². The van der Waals surface area contributed by atoms with Crippen molar-refractivity contribution < 1.29 is 9.13 Å². The van der Waals surface area contributed by atoms with E-state index in [4.69, 9.17) is 0 Å². The van der Waals surface area contributed by atoms with Gasteiger partial charge >= 0.3 is 0 Å². The third kappa shape index (κ3) is 2.63. The number of hydrogen-bond donors (Lipinski definition) is 0. The van der Waals surface area contributed by atoms with E-state index in [1.165, 1.54) is 6.07 Å². The number of aryl methyl sites for hydroxylation is 1. The Morgan fingerprint density at radius 2 is 2.00 bits per heavy atom. The van der Waals surface area contributed by atoms with Crippen molar-refractivity contribution in [2.45, 2.75) is 19.8 Å². The molecule has 2 rings (SSSR count). The molecule has 0 bridgehead atoms. The van der Waals surface area contributed by atoms with Crippen molar-refractivity contribution >= 4 is 21.1 Å². The number of nitrogens with zero attached hydrogens (tertiary/aromatic N) is 2. The predicted octanol–water partition coefficient (Wildman–Crippen LogP) is 2.80. The van der Waals surface area contributed by atoms with E-state index in [0.717, 1.165) is 12.8 Å². The molecule has 1 saturated heterocycles. The van der Waals surface area contributed by atoms with Gasteiger partial charge in [-0.2, -0.15) is 4.36 Å². The first kappa shape index (κ1) is 12.0. The molecule has 0 radical (unpaired) electrons. The molecular weight excluding hydrogens is 240 g/mol. The summed E-state index contributed by atoms with van der Waals surface area (Å²) in [7, 11) is -2.10. The largest absolute Gasteiger partial charge is 0.272 e. The molecule has 0 N–H and O–H groups in total. The van der Waals surface area contributed by atoms with Crippen molar-refractivity contribution in [1.82, 2.24) is 0 Å². The first-order valence-corrected chi connectivity index (χ1v) is 7.33. The van der Waals surface area contributed by atoms with Crippen molar-refractivity contribution in [3.63, 3.8) is 0 Å². The fourth-order valence-corrected chi connectivity index (χ4v) is 4.14. The molecule has 1 aliphatic rings. The second kappa shape index (κ2) is 4.44. The number of rotatable bonds is 2. The summed E-state index contributed by atoms with van der Waals surface area (Å²) < 4.78 is 16.4. The third-order valence-corrected chi connectivity index (χ3v) is 5.22. The van der Waals surface area contributed by atoms with Gasteiger partial charge in [0.25, 0.3) is 5.69 Å². The van der Waals surface area contributed by atoms with Gasteiger partial charge in [0.1, 0.15) is 0 Å². The van der Waals surface area contributed by atoms with Crippen LogP contribution in [0.5, 0.6) is 0 Å². The van der Waals surface area contributed by atoms with Crippen molar-refractivity contribution in [2.75, 3.05) is 11.5 Å². The maximum absolute atomic E-state index is 12.2. The van der Waals surface area contributed by atoms with Gasteiger partial charge < -0.3 is 0 Å². The van der Waals surface area contributed by atoms with Crippen LogP contribution in [0.1, 0.15) is 18.4 Å². The van der Waals surface area contributed by atoms with Gasteiger partial charge in [-0.15, -0.1) is 0 Å². The average Bonchev–Trinajstić information content (AvgIpc) is 2.64. The summed E-state index contributed by atoms with van der Waals surface area (Å²) in [5.74, 6) is 1.28. The Labute approximate surface area is 100 Å². The van der Waals surface area contributed by atoms with Gasteiger partial charge in [0.15, 0.2) is 0 Å². The zero-order chi connectivity index (χ0) is 12.5. The number of benzene rings is 1. The molecule has 0 spiro atoms. The molecule has 1 heterocycles. The fraction of sp³-hybridized carbons (Fsp3) is 0.455. The Morgan fingerprint density at radius 3 is 2.53 bits per heavy atom. The molecule has 1 aliphatic heterocycles. The van der Waals surface area contributed by atoms with E-state index in [1.807, 2.05) is 0 Å². The zero-order valence-corrected chi connectivity index (χ0v) is 10.4. The van der Waals surface area contributed by atoms with Crippen molar-refractivity contribution in [3.05, 3.63) is 33.9 Å². The minimum Gasteiger partial charge on any atom is -0.258 e. The first-order valence-electron chi connectivity index (χ1n) is 5.48. The third-order valence-electron chi connectivity index (χ3n) is 2.83. The van der Waals surface area contributed by atoms with Crippen LogP contribution in [0.15, 0.2) is 22.6 Å². The molecule has 0 aliphatic carbocycles. The molecule has 5 nitrogen and oxygen atoms in total. The zero-order valence-electron chi connectivity index (χ0n) is 9.59. The fourth-order valence-electron chi connectivity index (χ4n) is 1.94. The van der Waals surface area contributed by atoms with Gasteiger partial charge in [0.05, 0.1) is 20.3 Å². The molecule has 92 valence electrons. The van der Waals surface area contributed by atoms with Gasteiger partial charge in [0, 0.05) is 23.1 Å². The van der Waals surface area contributed by atoms with Crippen LogP contribution in [0.2, 0.25) is 0 Å². The topological polar surface area (TPSA) is 72.6 Å². The number of hydrogen-bond acceptors (Lipinski definition) is 4. The molecule has 0 aromatic heterocycles. The Balaban J connectivity index is 2.39. The maximum atomic E-state index is 12.2. The average molecular weight is 254 g/mol. The SMILES string of the molecule is Cc1cc(N=S2(=O)CCCC2)ccc1[N+](=O)[O-].